The molecule has 3 heteroatoms. The highest BCUT2D eigenvalue weighted by Gasteiger charge is 2.21. The molecule has 1 heterocycles. The third kappa shape index (κ3) is 4.81. The molecule has 0 amide bonds. The van der Waals surface area contributed by atoms with E-state index >= 15 is 0 Å². The molecule has 19 heavy (non-hydrogen) atoms. The summed E-state index contributed by atoms with van der Waals surface area (Å²) in [6.07, 6.45) is 2.69. The minimum atomic E-state index is 0.786. The fourth-order valence-electron chi connectivity index (χ4n) is 2.67. The smallest absolute Gasteiger partial charge is 0.119 e. The molecule has 1 aliphatic heterocycles. The molecule has 0 N–H and O–H groups in total. The van der Waals surface area contributed by atoms with Gasteiger partial charge < -0.3 is 4.74 Å². The van der Waals surface area contributed by atoms with E-state index in [1.54, 1.807) is 0 Å². The molecule has 0 bridgehead atoms. The maximum absolute atomic E-state index is 5.78. The van der Waals surface area contributed by atoms with E-state index < -0.39 is 0 Å². The number of hydrogen-bond donors (Lipinski definition) is 0. The first-order chi connectivity index (χ1) is 9.15. The second kappa shape index (κ2) is 7.30. The highest BCUT2D eigenvalue weighted by molar-refractivity contribution is 9.10. The number of benzene rings is 1. The summed E-state index contributed by atoms with van der Waals surface area (Å²) in [5.74, 6) is 2.71. The molecule has 1 aromatic rings. The average molecular weight is 326 g/mol. The first-order valence-electron chi connectivity index (χ1n) is 7.26. The van der Waals surface area contributed by atoms with Crippen molar-refractivity contribution in [3.63, 3.8) is 0 Å². The number of rotatable bonds is 5. The monoisotopic (exact) mass is 325 g/mol. The van der Waals surface area contributed by atoms with E-state index in [-0.39, 0.29) is 0 Å². The van der Waals surface area contributed by atoms with Gasteiger partial charge >= 0.3 is 0 Å². The van der Waals surface area contributed by atoms with E-state index in [1.807, 2.05) is 24.3 Å². The molecule has 0 aliphatic carbocycles. The number of nitrogens with zero attached hydrogens (tertiary/aromatic N) is 1. The lowest BCUT2D eigenvalue weighted by Crippen LogP contribution is -2.37. The number of ether oxygens (including phenoxy) is 1. The van der Waals surface area contributed by atoms with Gasteiger partial charge in [-0.15, -0.1) is 0 Å². The largest absolute Gasteiger partial charge is 0.492 e. The van der Waals surface area contributed by atoms with Crippen LogP contribution in [-0.4, -0.2) is 31.1 Å². The third-order valence-electron chi connectivity index (χ3n) is 4.06. The van der Waals surface area contributed by atoms with Crippen molar-refractivity contribution in [1.29, 1.82) is 0 Å². The highest BCUT2D eigenvalue weighted by Crippen LogP contribution is 2.24. The maximum atomic E-state index is 5.78. The summed E-state index contributed by atoms with van der Waals surface area (Å²) in [4.78, 5) is 2.53. The molecule has 0 atom stereocenters. The molecule has 1 aromatic carbocycles. The second-order valence-electron chi connectivity index (χ2n) is 5.73. The second-order valence-corrected chi connectivity index (χ2v) is 6.64. The highest BCUT2D eigenvalue weighted by atomic mass is 79.9. The van der Waals surface area contributed by atoms with Crippen molar-refractivity contribution < 1.29 is 4.74 Å². The molecule has 2 nitrogen and oxygen atoms in total. The predicted molar refractivity (Wildman–Crippen MR) is 83.6 cm³/mol. The van der Waals surface area contributed by atoms with Gasteiger partial charge in [0, 0.05) is 11.0 Å². The first kappa shape index (κ1) is 14.9. The predicted octanol–water partition coefficient (Wildman–Crippen LogP) is 4.20. The summed E-state index contributed by atoms with van der Waals surface area (Å²) in [5, 5.41) is 0. The minimum absolute atomic E-state index is 0.786. The molecule has 0 unspecified atom stereocenters. The summed E-state index contributed by atoms with van der Waals surface area (Å²) in [7, 11) is 0. The Kier molecular flexibility index (Phi) is 5.71. The van der Waals surface area contributed by atoms with E-state index in [0.717, 1.165) is 35.2 Å². The summed E-state index contributed by atoms with van der Waals surface area (Å²) in [6, 6.07) is 8.05. The van der Waals surface area contributed by atoms with Gasteiger partial charge in [-0.1, -0.05) is 29.8 Å². The molecule has 1 saturated heterocycles. The van der Waals surface area contributed by atoms with Gasteiger partial charge in [0.2, 0.25) is 0 Å². The van der Waals surface area contributed by atoms with Crippen molar-refractivity contribution in [2.45, 2.75) is 26.7 Å². The normalized spacial score (nSPS) is 17.9. The van der Waals surface area contributed by atoms with Crippen LogP contribution in [0.3, 0.4) is 0 Å². The fourth-order valence-corrected chi connectivity index (χ4v) is 2.93. The van der Waals surface area contributed by atoms with Gasteiger partial charge in [-0.25, -0.2) is 0 Å². The van der Waals surface area contributed by atoms with E-state index in [4.69, 9.17) is 4.74 Å². The first-order valence-corrected chi connectivity index (χ1v) is 8.05. The molecule has 0 radical (unpaired) electrons. The van der Waals surface area contributed by atoms with E-state index in [1.165, 1.54) is 25.9 Å². The van der Waals surface area contributed by atoms with Crippen molar-refractivity contribution in [3.8, 4) is 5.75 Å². The molecule has 1 aliphatic rings. The average Bonchev–Trinajstić information content (AvgIpc) is 2.41. The summed E-state index contributed by atoms with van der Waals surface area (Å²) >= 11 is 3.43. The lowest BCUT2D eigenvalue weighted by Gasteiger charge is -2.33. The van der Waals surface area contributed by atoms with Crippen LogP contribution < -0.4 is 4.74 Å². The van der Waals surface area contributed by atoms with Crippen LogP contribution in [0.25, 0.3) is 0 Å². The van der Waals surface area contributed by atoms with Gasteiger partial charge in [-0.3, -0.25) is 4.90 Å². The summed E-state index contributed by atoms with van der Waals surface area (Å²) < 4.78 is 6.87. The molecular weight excluding hydrogens is 302 g/mol. The Balaban J connectivity index is 1.65. The Morgan fingerprint density at radius 1 is 1.21 bits per heavy atom. The number of hydrogen-bond acceptors (Lipinski definition) is 2. The molecule has 0 saturated carbocycles. The Bertz CT molecular complexity index is 369. The topological polar surface area (TPSA) is 12.5 Å². The molecule has 0 spiro atoms. The van der Waals surface area contributed by atoms with Gasteiger partial charge in [0.05, 0.1) is 0 Å². The van der Waals surface area contributed by atoms with Crippen molar-refractivity contribution >= 4 is 15.9 Å². The van der Waals surface area contributed by atoms with Crippen LogP contribution in [-0.2, 0) is 0 Å². The van der Waals surface area contributed by atoms with Gasteiger partial charge in [-0.2, -0.15) is 0 Å². The standard InChI is InChI=1S/C16H24BrNO/c1-13(2)14-7-9-18(10-8-14)11-12-19-16-5-3-15(17)4-6-16/h3-6,13-14H,7-12H2,1-2H3. The van der Waals surface area contributed by atoms with Crippen molar-refractivity contribution in [3.05, 3.63) is 28.7 Å². The zero-order chi connectivity index (χ0) is 13.7. The molecular formula is C16H24BrNO. The van der Waals surface area contributed by atoms with Crippen molar-refractivity contribution in [2.75, 3.05) is 26.2 Å². The van der Waals surface area contributed by atoms with Crippen LogP contribution in [0, 0.1) is 11.8 Å². The SMILES string of the molecule is CC(C)C1CCN(CCOc2ccc(Br)cc2)CC1. The lowest BCUT2D eigenvalue weighted by molar-refractivity contribution is 0.137. The van der Waals surface area contributed by atoms with Crippen LogP contribution >= 0.6 is 15.9 Å². The fraction of sp³-hybridized carbons (Fsp3) is 0.625. The van der Waals surface area contributed by atoms with Gasteiger partial charge in [0.25, 0.3) is 0 Å². The number of halogens is 1. The summed E-state index contributed by atoms with van der Waals surface area (Å²) in [5.41, 5.74) is 0. The minimum Gasteiger partial charge on any atom is -0.492 e. The van der Waals surface area contributed by atoms with Gasteiger partial charge in [0.15, 0.2) is 0 Å². The van der Waals surface area contributed by atoms with Crippen LogP contribution in [0.2, 0.25) is 0 Å². The van der Waals surface area contributed by atoms with Crippen LogP contribution in [0.5, 0.6) is 5.75 Å². The Hall–Kier alpha value is -0.540. The van der Waals surface area contributed by atoms with Gasteiger partial charge in [0.1, 0.15) is 12.4 Å². The zero-order valence-corrected chi connectivity index (χ0v) is 13.5. The van der Waals surface area contributed by atoms with Crippen molar-refractivity contribution in [1.82, 2.24) is 4.90 Å². The summed E-state index contributed by atoms with van der Waals surface area (Å²) in [6.45, 7) is 8.97. The van der Waals surface area contributed by atoms with E-state index in [0.29, 0.717) is 0 Å². The molecule has 2 rings (SSSR count). The number of likely N-dealkylation sites (tertiary alicyclic amines) is 1. The molecule has 106 valence electrons. The van der Waals surface area contributed by atoms with Crippen LogP contribution in [0.4, 0.5) is 0 Å². The Morgan fingerprint density at radius 2 is 1.84 bits per heavy atom. The molecule has 1 fully saturated rings. The maximum Gasteiger partial charge on any atom is 0.119 e. The number of piperidine rings is 1. The third-order valence-corrected chi connectivity index (χ3v) is 4.59. The molecule has 0 aromatic heterocycles. The zero-order valence-electron chi connectivity index (χ0n) is 11.9. The van der Waals surface area contributed by atoms with Crippen LogP contribution in [0.15, 0.2) is 28.7 Å². The van der Waals surface area contributed by atoms with Crippen molar-refractivity contribution in [2.24, 2.45) is 11.8 Å². The lowest BCUT2D eigenvalue weighted by atomic mass is 9.87. The quantitative estimate of drug-likeness (QED) is 0.804. The van der Waals surface area contributed by atoms with Gasteiger partial charge in [-0.05, 0) is 62.0 Å². The van der Waals surface area contributed by atoms with E-state index in [2.05, 4.69) is 34.7 Å². The van der Waals surface area contributed by atoms with E-state index in [9.17, 15) is 0 Å². The Morgan fingerprint density at radius 3 is 2.42 bits per heavy atom. The Labute approximate surface area is 125 Å². The van der Waals surface area contributed by atoms with Crippen LogP contribution in [0.1, 0.15) is 26.7 Å².